The van der Waals surface area contributed by atoms with Crippen LogP contribution in [0.2, 0.25) is 0 Å². The second-order valence-electron chi connectivity index (χ2n) is 6.72. The van der Waals surface area contributed by atoms with Crippen molar-refractivity contribution in [2.75, 3.05) is 5.73 Å². The lowest BCUT2D eigenvalue weighted by Gasteiger charge is -2.12. The second kappa shape index (κ2) is 4.91. The highest BCUT2D eigenvalue weighted by molar-refractivity contribution is 6.23. The van der Waals surface area contributed by atoms with Crippen molar-refractivity contribution in [3.05, 3.63) is 56.9 Å². The van der Waals surface area contributed by atoms with Crippen molar-refractivity contribution in [1.82, 2.24) is 14.8 Å². The van der Waals surface area contributed by atoms with E-state index in [0.29, 0.717) is 0 Å². The Kier molecular flexibility index (Phi) is 2.82. The molecule has 3 aliphatic rings. The van der Waals surface area contributed by atoms with Crippen molar-refractivity contribution in [3.8, 4) is 5.69 Å². The monoisotopic (exact) mass is 364 g/mol. The van der Waals surface area contributed by atoms with Gasteiger partial charge in [0, 0.05) is 12.1 Å². The van der Waals surface area contributed by atoms with Crippen molar-refractivity contribution < 1.29 is 19.2 Å². The third kappa shape index (κ3) is 1.96. The molecule has 3 heterocycles. The maximum absolute atomic E-state index is 12.6. The summed E-state index contributed by atoms with van der Waals surface area (Å²) < 4.78 is 1.05. The summed E-state index contributed by atoms with van der Waals surface area (Å²) in [4.78, 5) is 62.5. The van der Waals surface area contributed by atoms with E-state index in [1.807, 2.05) is 0 Å². The predicted octanol–water partition coefficient (Wildman–Crippen LogP) is 0.0617. The zero-order valence-corrected chi connectivity index (χ0v) is 13.8. The molecule has 2 aliphatic heterocycles. The molecule has 0 radical (unpaired) electrons. The predicted molar refractivity (Wildman–Crippen MR) is 91.8 cm³/mol. The van der Waals surface area contributed by atoms with Crippen molar-refractivity contribution in [2.24, 2.45) is 0 Å². The smallest absolute Gasteiger partial charge is 0.262 e. The lowest BCUT2D eigenvalue weighted by molar-refractivity contribution is 0.0641. The van der Waals surface area contributed by atoms with Crippen molar-refractivity contribution >= 4 is 29.4 Å². The highest BCUT2D eigenvalue weighted by atomic mass is 16.2. The number of nitrogens with one attached hydrogen (secondary N) is 1. The third-order valence-corrected chi connectivity index (χ3v) is 5.03. The van der Waals surface area contributed by atoms with Crippen LogP contribution in [0.5, 0.6) is 0 Å². The Morgan fingerprint density at radius 1 is 0.889 bits per heavy atom. The van der Waals surface area contributed by atoms with Gasteiger partial charge < -0.3 is 5.73 Å². The van der Waals surface area contributed by atoms with Gasteiger partial charge in [-0.15, -0.1) is 0 Å². The van der Waals surface area contributed by atoms with Crippen LogP contribution in [0.1, 0.15) is 54.3 Å². The summed E-state index contributed by atoms with van der Waals surface area (Å²) in [5, 5.41) is 2.09. The number of amides is 4. The summed E-state index contributed by atoms with van der Waals surface area (Å²) in [6.07, 6.45) is 1.58. The summed E-state index contributed by atoms with van der Waals surface area (Å²) in [5.41, 5.74) is 5.93. The maximum atomic E-state index is 12.6. The number of nitrogens with two attached hydrogens (primary N) is 1. The number of hydrogen-bond donors (Lipinski definition) is 2. The van der Waals surface area contributed by atoms with Gasteiger partial charge in [-0.05, 0) is 31.0 Å². The SMILES string of the molecule is Nc1c2c(cc(=O)n1-c1ccc3c(c1)C(=O)N(C1CC1)C3=O)C(=O)NC2=O. The van der Waals surface area contributed by atoms with Gasteiger partial charge in [-0.1, -0.05) is 0 Å². The van der Waals surface area contributed by atoms with E-state index < -0.39 is 23.3 Å². The molecule has 1 saturated carbocycles. The molecule has 5 rings (SSSR count). The minimum absolute atomic E-state index is 0.0663. The first-order valence-electron chi connectivity index (χ1n) is 8.32. The summed E-state index contributed by atoms with van der Waals surface area (Å²) in [5.74, 6) is -2.31. The van der Waals surface area contributed by atoms with Gasteiger partial charge in [-0.25, -0.2) is 0 Å². The Morgan fingerprint density at radius 3 is 2.30 bits per heavy atom. The summed E-state index contributed by atoms with van der Waals surface area (Å²) in [6.45, 7) is 0. The fourth-order valence-corrected chi connectivity index (χ4v) is 3.60. The quantitative estimate of drug-likeness (QED) is 0.725. The Labute approximate surface area is 151 Å². The number of imide groups is 2. The molecule has 1 aliphatic carbocycles. The minimum atomic E-state index is -0.687. The highest BCUT2D eigenvalue weighted by Gasteiger charge is 2.44. The number of benzene rings is 1. The fourth-order valence-electron chi connectivity index (χ4n) is 3.60. The molecule has 0 spiro atoms. The standard InChI is InChI=1S/C18H12N4O5/c19-14-13-11(15(24)20-16(13)25)6-12(23)21(14)8-3-4-9-10(5-8)18(27)22(17(9)26)7-1-2-7/h3-7H,1-2,19H2,(H,20,24,25). The Bertz CT molecular complexity index is 1180. The van der Waals surface area contributed by atoms with E-state index in [-0.39, 0.29) is 45.7 Å². The van der Waals surface area contributed by atoms with E-state index in [1.165, 1.54) is 23.1 Å². The molecule has 0 unspecified atom stereocenters. The lowest BCUT2D eigenvalue weighted by Crippen LogP contribution is -2.31. The molecule has 0 bridgehead atoms. The van der Waals surface area contributed by atoms with Gasteiger partial charge in [0.2, 0.25) is 0 Å². The van der Waals surface area contributed by atoms with Crippen molar-refractivity contribution in [1.29, 1.82) is 0 Å². The number of carbonyl (C=O) groups is 4. The molecule has 2 aromatic rings. The molecule has 9 nitrogen and oxygen atoms in total. The largest absolute Gasteiger partial charge is 0.384 e. The average Bonchev–Trinajstić information content (AvgIpc) is 3.36. The zero-order chi connectivity index (χ0) is 19.0. The molecular weight excluding hydrogens is 352 g/mol. The molecule has 9 heteroatoms. The number of anilines is 1. The molecule has 1 aromatic heterocycles. The zero-order valence-electron chi connectivity index (χ0n) is 13.8. The van der Waals surface area contributed by atoms with Gasteiger partial charge in [0.05, 0.1) is 27.9 Å². The van der Waals surface area contributed by atoms with Crippen LogP contribution < -0.4 is 16.6 Å². The summed E-state index contributed by atoms with van der Waals surface area (Å²) >= 11 is 0. The fraction of sp³-hybridized carbons (Fsp3) is 0.167. The van der Waals surface area contributed by atoms with Gasteiger partial charge >= 0.3 is 0 Å². The van der Waals surface area contributed by atoms with Crippen molar-refractivity contribution in [3.63, 3.8) is 0 Å². The van der Waals surface area contributed by atoms with Crippen molar-refractivity contribution in [2.45, 2.75) is 18.9 Å². The van der Waals surface area contributed by atoms with Gasteiger partial charge in [0.15, 0.2) is 0 Å². The van der Waals surface area contributed by atoms with Crippen LogP contribution in [0.25, 0.3) is 5.69 Å². The molecule has 4 amide bonds. The number of fused-ring (bicyclic) bond motifs is 2. The molecule has 27 heavy (non-hydrogen) atoms. The summed E-state index contributed by atoms with van der Waals surface area (Å²) in [7, 11) is 0. The average molecular weight is 364 g/mol. The number of nitrogen functional groups attached to an aromatic ring is 1. The highest BCUT2D eigenvalue weighted by Crippen LogP contribution is 2.35. The summed E-state index contributed by atoms with van der Waals surface area (Å²) in [6, 6.07) is 5.33. The van der Waals surface area contributed by atoms with E-state index in [4.69, 9.17) is 5.73 Å². The van der Waals surface area contributed by atoms with Gasteiger partial charge in [0.1, 0.15) is 5.82 Å². The second-order valence-corrected chi connectivity index (χ2v) is 6.72. The Morgan fingerprint density at radius 2 is 1.59 bits per heavy atom. The first kappa shape index (κ1) is 15.5. The molecule has 134 valence electrons. The van der Waals surface area contributed by atoms with Crippen LogP contribution in [0.4, 0.5) is 5.82 Å². The first-order chi connectivity index (χ1) is 12.9. The van der Waals surface area contributed by atoms with Crippen LogP contribution in [0.15, 0.2) is 29.1 Å². The molecule has 0 saturated heterocycles. The molecule has 1 aromatic carbocycles. The Hall–Kier alpha value is -3.75. The van der Waals surface area contributed by atoms with Crippen LogP contribution in [0, 0.1) is 0 Å². The van der Waals surface area contributed by atoms with Crippen LogP contribution in [-0.4, -0.2) is 39.1 Å². The number of pyridine rings is 1. The minimum Gasteiger partial charge on any atom is -0.384 e. The number of hydrogen-bond acceptors (Lipinski definition) is 6. The van der Waals surface area contributed by atoms with Gasteiger partial charge in [-0.3, -0.25) is 38.8 Å². The van der Waals surface area contributed by atoms with Gasteiger partial charge in [0.25, 0.3) is 29.2 Å². The van der Waals surface area contributed by atoms with E-state index in [2.05, 4.69) is 5.32 Å². The topological polar surface area (TPSA) is 132 Å². The van der Waals surface area contributed by atoms with E-state index in [1.54, 1.807) is 0 Å². The molecule has 1 fully saturated rings. The lowest BCUT2D eigenvalue weighted by atomic mass is 10.1. The molecule has 3 N–H and O–H groups in total. The van der Waals surface area contributed by atoms with Crippen LogP contribution in [-0.2, 0) is 0 Å². The molecular formula is C18H12N4O5. The molecule has 0 atom stereocenters. The van der Waals surface area contributed by atoms with Crippen LogP contribution >= 0.6 is 0 Å². The van der Waals surface area contributed by atoms with Gasteiger partial charge in [-0.2, -0.15) is 0 Å². The number of carbonyl (C=O) groups excluding carboxylic acids is 4. The normalized spacial score (nSPS) is 18.0. The third-order valence-electron chi connectivity index (χ3n) is 5.03. The maximum Gasteiger partial charge on any atom is 0.262 e. The number of aromatic nitrogens is 1. The van der Waals surface area contributed by atoms with E-state index in [0.717, 1.165) is 23.5 Å². The number of rotatable bonds is 2. The first-order valence-corrected chi connectivity index (χ1v) is 8.32. The van der Waals surface area contributed by atoms with Crippen LogP contribution in [0.3, 0.4) is 0 Å². The Balaban J connectivity index is 1.68. The van der Waals surface area contributed by atoms with E-state index >= 15 is 0 Å². The van der Waals surface area contributed by atoms with E-state index in [9.17, 15) is 24.0 Å². The number of nitrogens with zero attached hydrogens (tertiary/aromatic N) is 2.